The van der Waals surface area contributed by atoms with E-state index in [1.54, 1.807) is 62.4 Å². The lowest BCUT2D eigenvalue weighted by Crippen LogP contribution is -2.39. The Balaban J connectivity index is 1.95. The van der Waals surface area contributed by atoms with Crippen LogP contribution in [0.2, 0.25) is 5.02 Å². The number of benzene rings is 2. The fourth-order valence-corrected chi connectivity index (χ4v) is 5.09. The number of phenols is 1. The number of fused-ring (bicyclic) bond motifs is 1. The van der Waals surface area contributed by atoms with E-state index in [-0.39, 0.29) is 17.9 Å². The van der Waals surface area contributed by atoms with E-state index in [4.69, 9.17) is 16.3 Å². The van der Waals surface area contributed by atoms with Gasteiger partial charge in [0.25, 0.3) is 5.56 Å². The smallest absolute Gasteiger partial charge is 0.338 e. The van der Waals surface area contributed by atoms with Gasteiger partial charge in [-0.2, -0.15) is 0 Å². The van der Waals surface area contributed by atoms with Crippen LogP contribution in [0, 0.1) is 0 Å². The molecule has 6 nitrogen and oxygen atoms in total. The third kappa shape index (κ3) is 4.18. The molecule has 164 valence electrons. The van der Waals surface area contributed by atoms with E-state index >= 15 is 0 Å². The van der Waals surface area contributed by atoms with Gasteiger partial charge in [-0.05, 0) is 71.2 Å². The number of nitrogens with zero attached hydrogens (tertiary/aromatic N) is 2. The molecular formula is C23H18BrClN2O4S. The Kier molecular flexibility index (Phi) is 6.37. The first kappa shape index (κ1) is 22.5. The van der Waals surface area contributed by atoms with E-state index in [1.165, 1.54) is 15.9 Å². The second-order valence-corrected chi connectivity index (χ2v) is 9.36. The number of halogens is 2. The summed E-state index contributed by atoms with van der Waals surface area (Å²) in [5, 5.41) is 10.3. The molecular weight excluding hydrogens is 516 g/mol. The average Bonchev–Trinajstić information content (AvgIpc) is 3.05. The predicted molar refractivity (Wildman–Crippen MR) is 128 cm³/mol. The van der Waals surface area contributed by atoms with Crippen molar-refractivity contribution in [1.82, 2.24) is 4.57 Å². The van der Waals surface area contributed by atoms with Crippen molar-refractivity contribution in [1.29, 1.82) is 0 Å². The van der Waals surface area contributed by atoms with E-state index in [0.717, 1.165) is 11.1 Å². The number of hydrogen-bond donors (Lipinski definition) is 1. The highest BCUT2D eigenvalue weighted by Gasteiger charge is 2.33. The molecule has 3 aromatic rings. The van der Waals surface area contributed by atoms with Gasteiger partial charge in [0, 0.05) is 5.02 Å². The lowest BCUT2D eigenvalue weighted by molar-refractivity contribution is -0.139. The zero-order valence-corrected chi connectivity index (χ0v) is 20.3. The molecule has 1 atom stereocenters. The van der Waals surface area contributed by atoms with Crippen LogP contribution in [0.3, 0.4) is 0 Å². The zero-order chi connectivity index (χ0) is 23.0. The summed E-state index contributed by atoms with van der Waals surface area (Å²) in [6.07, 6.45) is 1.73. The molecule has 0 unspecified atom stereocenters. The number of hydrogen-bond acceptors (Lipinski definition) is 6. The Morgan fingerprint density at radius 2 is 2.03 bits per heavy atom. The predicted octanol–water partition coefficient (Wildman–Crippen LogP) is 3.92. The Morgan fingerprint density at radius 3 is 2.69 bits per heavy atom. The van der Waals surface area contributed by atoms with Crippen LogP contribution in [0.15, 0.2) is 68.0 Å². The largest absolute Gasteiger partial charge is 0.507 e. The molecule has 1 aromatic heterocycles. The van der Waals surface area contributed by atoms with Crippen molar-refractivity contribution in [3.05, 3.63) is 94.0 Å². The van der Waals surface area contributed by atoms with Crippen LogP contribution < -0.4 is 14.9 Å². The van der Waals surface area contributed by atoms with Crippen LogP contribution in [0.1, 0.15) is 31.0 Å². The number of rotatable bonds is 4. The van der Waals surface area contributed by atoms with Crippen molar-refractivity contribution >= 4 is 50.9 Å². The molecule has 32 heavy (non-hydrogen) atoms. The van der Waals surface area contributed by atoms with E-state index in [1.807, 2.05) is 0 Å². The molecule has 9 heteroatoms. The van der Waals surface area contributed by atoms with Crippen LogP contribution in [0.5, 0.6) is 5.75 Å². The van der Waals surface area contributed by atoms with Crippen LogP contribution in [-0.4, -0.2) is 22.2 Å². The van der Waals surface area contributed by atoms with Gasteiger partial charge in [0.1, 0.15) is 5.75 Å². The molecule has 0 fully saturated rings. The average molecular weight is 534 g/mol. The van der Waals surface area contributed by atoms with Gasteiger partial charge in [0.05, 0.1) is 32.9 Å². The Labute approximate surface area is 200 Å². The molecule has 0 spiro atoms. The summed E-state index contributed by atoms with van der Waals surface area (Å²) in [5.74, 6) is -0.397. The normalized spacial score (nSPS) is 16.0. The second-order valence-electron chi connectivity index (χ2n) is 7.06. The molecule has 1 aliphatic rings. The third-order valence-electron chi connectivity index (χ3n) is 4.97. The fraction of sp³-hybridized carbons (Fsp3) is 0.174. The van der Waals surface area contributed by atoms with Crippen molar-refractivity contribution < 1.29 is 14.6 Å². The summed E-state index contributed by atoms with van der Waals surface area (Å²) in [6, 6.07) is 11.3. The lowest BCUT2D eigenvalue weighted by atomic mass is 9.96. The molecule has 0 saturated heterocycles. The first-order valence-electron chi connectivity index (χ1n) is 9.73. The quantitative estimate of drug-likeness (QED) is 0.516. The van der Waals surface area contributed by atoms with Gasteiger partial charge in [-0.25, -0.2) is 9.79 Å². The molecule has 0 bridgehead atoms. The van der Waals surface area contributed by atoms with E-state index in [2.05, 4.69) is 20.9 Å². The van der Waals surface area contributed by atoms with Crippen LogP contribution in [0.25, 0.3) is 6.08 Å². The minimum Gasteiger partial charge on any atom is -0.507 e. The van der Waals surface area contributed by atoms with Crippen LogP contribution in [0.4, 0.5) is 0 Å². The first-order chi connectivity index (χ1) is 15.3. The van der Waals surface area contributed by atoms with Gasteiger partial charge >= 0.3 is 5.97 Å². The van der Waals surface area contributed by atoms with Crippen molar-refractivity contribution in [2.45, 2.75) is 19.9 Å². The number of esters is 1. The van der Waals surface area contributed by atoms with Gasteiger partial charge < -0.3 is 9.84 Å². The summed E-state index contributed by atoms with van der Waals surface area (Å²) in [7, 11) is 0. The topological polar surface area (TPSA) is 80.9 Å². The summed E-state index contributed by atoms with van der Waals surface area (Å²) in [5.41, 5.74) is 2.02. The molecule has 2 heterocycles. The third-order valence-corrected chi connectivity index (χ3v) is 6.84. The number of phenolic OH excluding ortho intramolecular Hbond substituents is 1. The number of carbonyl (C=O) groups is 1. The van der Waals surface area contributed by atoms with Crippen molar-refractivity contribution in [2.75, 3.05) is 6.61 Å². The second kappa shape index (κ2) is 9.05. The van der Waals surface area contributed by atoms with Gasteiger partial charge in [-0.15, -0.1) is 0 Å². The zero-order valence-electron chi connectivity index (χ0n) is 17.1. The number of thiazole rings is 1. The molecule has 2 aromatic carbocycles. The fourth-order valence-electron chi connectivity index (χ4n) is 3.52. The van der Waals surface area contributed by atoms with Gasteiger partial charge in [-0.1, -0.05) is 41.1 Å². The molecule has 0 radical (unpaired) electrons. The number of allylic oxidation sites excluding steroid dienone is 1. The van der Waals surface area contributed by atoms with Gasteiger partial charge in [-0.3, -0.25) is 9.36 Å². The lowest BCUT2D eigenvalue weighted by Gasteiger charge is -2.24. The van der Waals surface area contributed by atoms with Gasteiger partial charge in [0.2, 0.25) is 0 Å². The minimum atomic E-state index is -0.684. The first-order valence-corrected chi connectivity index (χ1v) is 11.7. The highest BCUT2D eigenvalue weighted by molar-refractivity contribution is 9.10. The van der Waals surface area contributed by atoms with Crippen molar-refractivity contribution in [3.63, 3.8) is 0 Å². The van der Waals surface area contributed by atoms with E-state index in [9.17, 15) is 14.7 Å². The Bertz CT molecular complexity index is 1420. The highest BCUT2D eigenvalue weighted by atomic mass is 79.9. The summed E-state index contributed by atoms with van der Waals surface area (Å²) in [4.78, 5) is 31.3. The van der Waals surface area contributed by atoms with Crippen LogP contribution >= 0.6 is 38.9 Å². The maximum absolute atomic E-state index is 13.5. The highest BCUT2D eigenvalue weighted by Crippen LogP contribution is 2.31. The monoisotopic (exact) mass is 532 g/mol. The molecule has 1 N–H and O–H groups in total. The van der Waals surface area contributed by atoms with E-state index < -0.39 is 12.0 Å². The maximum Gasteiger partial charge on any atom is 0.338 e. The SMILES string of the molecule is CCOC(=O)C1=C(C)N=c2s/c(=C\c3ccc(O)c(Br)c3)c(=O)n2[C@@H]1c1ccc(Cl)cc1. The minimum absolute atomic E-state index is 0.112. The number of carbonyl (C=O) groups excluding carboxylic acids is 1. The molecule has 0 saturated carbocycles. The van der Waals surface area contributed by atoms with Crippen molar-refractivity contribution in [3.8, 4) is 5.75 Å². The molecule has 0 aliphatic carbocycles. The Hall–Kier alpha value is -2.68. The standard InChI is InChI=1S/C23H18BrClN2O4S/c1-3-31-22(30)19-12(2)26-23-27(20(19)14-5-7-15(25)8-6-14)21(29)18(32-23)11-13-4-9-17(28)16(24)10-13/h4-11,20,28H,3H2,1-2H3/b18-11-/t20-/m1/s1. The van der Waals surface area contributed by atoms with E-state index in [0.29, 0.717) is 30.1 Å². The summed E-state index contributed by atoms with van der Waals surface area (Å²) >= 11 is 10.6. The number of aromatic hydroxyl groups is 1. The maximum atomic E-state index is 13.5. The summed E-state index contributed by atoms with van der Waals surface area (Å²) in [6.45, 7) is 3.68. The van der Waals surface area contributed by atoms with Gasteiger partial charge in [0.15, 0.2) is 4.80 Å². The molecule has 0 amide bonds. The summed E-state index contributed by atoms with van der Waals surface area (Å²) < 4.78 is 7.78. The Morgan fingerprint density at radius 1 is 1.31 bits per heavy atom. The van der Waals surface area contributed by atoms with Crippen LogP contribution in [-0.2, 0) is 9.53 Å². The number of aromatic nitrogens is 1. The number of ether oxygens (including phenoxy) is 1. The molecule has 4 rings (SSSR count). The molecule has 1 aliphatic heterocycles. The van der Waals surface area contributed by atoms with Crippen molar-refractivity contribution in [2.24, 2.45) is 4.99 Å².